The van der Waals surface area contributed by atoms with E-state index in [2.05, 4.69) is 157 Å². The molecule has 8 rings (SSSR count). The van der Waals surface area contributed by atoms with Gasteiger partial charge in [0.05, 0.1) is 0 Å². The van der Waals surface area contributed by atoms with Crippen LogP contribution < -0.4 is 4.90 Å². The van der Waals surface area contributed by atoms with E-state index in [1.165, 1.54) is 52.8 Å². The van der Waals surface area contributed by atoms with Crippen LogP contribution in [0.3, 0.4) is 0 Å². The topological polar surface area (TPSA) is 3.24 Å². The predicted octanol–water partition coefficient (Wildman–Crippen LogP) is 11.5. The van der Waals surface area contributed by atoms with Crippen LogP contribution in [0, 0.1) is 0 Å². The molecule has 0 saturated carbocycles. The van der Waals surface area contributed by atoms with Gasteiger partial charge in [0, 0.05) is 37.2 Å². The van der Waals surface area contributed by atoms with Crippen LogP contribution in [0.1, 0.15) is 0 Å². The molecule has 1 aromatic heterocycles. The van der Waals surface area contributed by atoms with Gasteiger partial charge in [0.25, 0.3) is 0 Å². The Labute approximate surface area is 237 Å². The second-order valence-electron chi connectivity index (χ2n) is 10.2. The Hall–Kier alpha value is -4.92. The van der Waals surface area contributed by atoms with Gasteiger partial charge in [0.15, 0.2) is 0 Å². The Morgan fingerprint density at radius 3 is 1.90 bits per heavy atom. The molecule has 40 heavy (non-hydrogen) atoms. The smallest absolute Gasteiger partial charge is 0.0468 e. The summed E-state index contributed by atoms with van der Waals surface area (Å²) >= 11 is 1.87. The summed E-state index contributed by atoms with van der Waals surface area (Å²) in [5.74, 6) is 0. The first-order valence-corrected chi connectivity index (χ1v) is 14.4. The summed E-state index contributed by atoms with van der Waals surface area (Å²) in [6, 6.07) is 54.9. The van der Waals surface area contributed by atoms with Crippen LogP contribution in [0.2, 0.25) is 0 Å². The standard InChI is InChI=1S/C38H25NS/c1-2-10-31(11-3-1)39(33-22-18-26-8-4-5-9-29(26)24-33)32-20-16-27(17-21-32)30-15-14-28-19-23-37-38(35(28)25-30)34-12-6-7-13-36(34)40-37/h1-25H. The second-order valence-corrected chi connectivity index (χ2v) is 11.3. The minimum Gasteiger partial charge on any atom is -0.310 e. The highest BCUT2D eigenvalue weighted by molar-refractivity contribution is 7.26. The zero-order chi connectivity index (χ0) is 26.5. The van der Waals surface area contributed by atoms with Gasteiger partial charge in [-0.2, -0.15) is 0 Å². The highest BCUT2D eigenvalue weighted by atomic mass is 32.1. The monoisotopic (exact) mass is 527 g/mol. The van der Waals surface area contributed by atoms with Crippen LogP contribution in [0.15, 0.2) is 152 Å². The Kier molecular flexibility index (Phi) is 5.39. The van der Waals surface area contributed by atoms with E-state index in [4.69, 9.17) is 0 Å². The highest BCUT2D eigenvalue weighted by Crippen LogP contribution is 2.40. The SMILES string of the molecule is c1ccc(N(c2ccc(-c3ccc4ccc5sc6ccccc6c5c4c3)cc2)c2ccc3ccccc3c2)cc1. The Bertz CT molecular complexity index is 2160. The Morgan fingerprint density at radius 1 is 0.375 bits per heavy atom. The average Bonchev–Trinajstić information content (AvgIpc) is 3.41. The third-order valence-corrected chi connectivity index (χ3v) is 8.96. The quantitative estimate of drug-likeness (QED) is 0.220. The first-order valence-electron chi connectivity index (χ1n) is 13.6. The molecular weight excluding hydrogens is 502 g/mol. The lowest BCUT2D eigenvalue weighted by Gasteiger charge is -2.26. The molecule has 0 bridgehead atoms. The van der Waals surface area contributed by atoms with Crippen molar-refractivity contribution in [3.63, 3.8) is 0 Å². The maximum atomic E-state index is 2.37. The van der Waals surface area contributed by atoms with Crippen LogP contribution in [0.5, 0.6) is 0 Å². The first kappa shape index (κ1) is 23.0. The normalized spacial score (nSPS) is 11.5. The molecule has 0 atom stereocenters. The second kappa shape index (κ2) is 9.37. The molecule has 0 aliphatic rings. The van der Waals surface area contributed by atoms with Gasteiger partial charge in [-0.15, -0.1) is 11.3 Å². The van der Waals surface area contributed by atoms with Gasteiger partial charge >= 0.3 is 0 Å². The van der Waals surface area contributed by atoms with Crippen LogP contribution in [0.25, 0.3) is 52.8 Å². The number of benzene rings is 7. The van der Waals surface area contributed by atoms with E-state index in [0.717, 1.165) is 17.1 Å². The molecule has 7 aromatic carbocycles. The Balaban J connectivity index is 1.23. The zero-order valence-electron chi connectivity index (χ0n) is 21.8. The van der Waals surface area contributed by atoms with Gasteiger partial charge < -0.3 is 4.90 Å². The predicted molar refractivity (Wildman–Crippen MR) is 174 cm³/mol. The molecule has 0 fully saturated rings. The number of hydrogen-bond donors (Lipinski definition) is 0. The minimum atomic E-state index is 1.14. The fraction of sp³-hybridized carbons (Fsp3) is 0. The molecule has 0 saturated heterocycles. The number of rotatable bonds is 4. The summed E-state index contributed by atoms with van der Waals surface area (Å²) < 4.78 is 2.68. The lowest BCUT2D eigenvalue weighted by atomic mass is 9.98. The third kappa shape index (κ3) is 3.85. The molecular formula is C38H25NS. The average molecular weight is 528 g/mol. The number of nitrogens with zero attached hydrogens (tertiary/aromatic N) is 1. The van der Waals surface area contributed by atoms with E-state index < -0.39 is 0 Å². The molecule has 2 heteroatoms. The fourth-order valence-electron chi connectivity index (χ4n) is 5.87. The van der Waals surface area contributed by atoms with Gasteiger partial charge in [-0.3, -0.25) is 0 Å². The van der Waals surface area contributed by atoms with Gasteiger partial charge in [0.2, 0.25) is 0 Å². The molecule has 8 aromatic rings. The molecule has 1 heterocycles. The summed E-state index contributed by atoms with van der Waals surface area (Å²) in [7, 11) is 0. The van der Waals surface area contributed by atoms with Crippen LogP contribution in [0.4, 0.5) is 17.1 Å². The van der Waals surface area contributed by atoms with Crippen LogP contribution >= 0.6 is 11.3 Å². The summed E-state index contributed by atoms with van der Waals surface area (Å²) in [5.41, 5.74) is 5.88. The Morgan fingerprint density at radius 2 is 1.02 bits per heavy atom. The lowest BCUT2D eigenvalue weighted by Crippen LogP contribution is -2.09. The van der Waals surface area contributed by atoms with E-state index in [0.29, 0.717) is 0 Å². The largest absolute Gasteiger partial charge is 0.310 e. The van der Waals surface area contributed by atoms with Crippen molar-refractivity contribution in [1.82, 2.24) is 0 Å². The molecule has 0 N–H and O–H groups in total. The summed E-state index contributed by atoms with van der Waals surface area (Å²) in [6.45, 7) is 0. The van der Waals surface area contributed by atoms with Crippen LogP contribution in [-0.4, -0.2) is 0 Å². The summed E-state index contributed by atoms with van der Waals surface area (Å²) in [4.78, 5) is 2.33. The van der Waals surface area contributed by atoms with E-state index in [1.807, 2.05) is 11.3 Å². The molecule has 1 nitrogen and oxygen atoms in total. The van der Waals surface area contributed by atoms with E-state index in [1.54, 1.807) is 0 Å². The van der Waals surface area contributed by atoms with Gasteiger partial charge in [-0.25, -0.2) is 0 Å². The van der Waals surface area contributed by atoms with Crippen molar-refractivity contribution in [3.8, 4) is 11.1 Å². The van der Waals surface area contributed by atoms with Crippen molar-refractivity contribution in [3.05, 3.63) is 152 Å². The van der Waals surface area contributed by atoms with Crippen LogP contribution in [-0.2, 0) is 0 Å². The molecule has 0 spiro atoms. The van der Waals surface area contributed by atoms with Crippen molar-refractivity contribution in [1.29, 1.82) is 0 Å². The number of anilines is 3. The summed E-state index contributed by atoms with van der Waals surface area (Å²) in [5, 5.41) is 7.79. The molecule has 0 radical (unpaired) electrons. The van der Waals surface area contributed by atoms with Crippen molar-refractivity contribution in [2.24, 2.45) is 0 Å². The molecule has 188 valence electrons. The van der Waals surface area contributed by atoms with Crippen molar-refractivity contribution >= 4 is 70.1 Å². The summed E-state index contributed by atoms with van der Waals surface area (Å²) in [6.07, 6.45) is 0. The van der Waals surface area contributed by atoms with E-state index in [-0.39, 0.29) is 0 Å². The zero-order valence-corrected chi connectivity index (χ0v) is 22.6. The first-order chi connectivity index (χ1) is 19.8. The molecule has 0 aliphatic carbocycles. The maximum Gasteiger partial charge on any atom is 0.0468 e. The van der Waals surface area contributed by atoms with Crippen molar-refractivity contribution in [2.75, 3.05) is 4.90 Å². The van der Waals surface area contributed by atoms with Gasteiger partial charge in [-0.1, -0.05) is 97.1 Å². The van der Waals surface area contributed by atoms with Crippen molar-refractivity contribution in [2.45, 2.75) is 0 Å². The van der Waals surface area contributed by atoms with Gasteiger partial charge in [-0.05, 0) is 87.3 Å². The maximum absolute atomic E-state index is 2.37. The number of thiophene rings is 1. The third-order valence-electron chi connectivity index (χ3n) is 7.82. The fourth-order valence-corrected chi connectivity index (χ4v) is 6.99. The molecule has 0 aliphatic heterocycles. The lowest BCUT2D eigenvalue weighted by molar-refractivity contribution is 1.29. The van der Waals surface area contributed by atoms with Gasteiger partial charge in [0.1, 0.15) is 0 Å². The van der Waals surface area contributed by atoms with Crippen molar-refractivity contribution < 1.29 is 0 Å². The molecule has 0 amide bonds. The van der Waals surface area contributed by atoms with E-state index in [9.17, 15) is 0 Å². The van der Waals surface area contributed by atoms with E-state index >= 15 is 0 Å². The number of para-hydroxylation sites is 1. The highest BCUT2D eigenvalue weighted by Gasteiger charge is 2.14. The number of fused-ring (bicyclic) bond motifs is 6. The number of hydrogen-bond acceptors (Lipinski definition) is 2. The minimum absolute atomic E-state index is 1.14. The molecule has 0 unspecified atom stereocenters.